The number of ketones is 1. The first-order valence-electron chi connectivity index (χ1n) is 4.89. The summed E-state index contributed by atoms with van der Waals surface area (Å²) < 4.78 is 5.35. The first kappa shape index (κ1) is 9.41. The molecule has 0 aliphatic heterocycles. The number of benzene rings is 1. The molecule has 0 fully saturated rings. The van der Waals surface area contributed by atoms with E-state index in [9.17, 15) is 4.79 Å². The van der Waals surface area contributed by atoms with Crippen LogP contribution in [0.5, 0.6) is 0 Å². The van der Waals surface area contributed by atoms with E-state index in [0.717, 1.165) is 18.4 Å². The molecule has 1 unspecified atom stereocenters. The largest absolute Gasteiger partial charge is 0.377 e. The van der Waals surface area contributed by atoms with Gasteiger partial charge in [0.1, 0.15) is 0 Å². The van der Waals surface area contributed by atoms with E-state index in [1.54, 1.807) is 14.0 Å². The standard InChI is InChI=1S/C12H14O2/c1-8(13)9-3-5-11-10(7-9)4-6-12(11)14-2/h3,5,7,12H,4,6H2,1-2H3. The van der Waals surface area contributed by atoms with Crippen LogP contribution in [0.15, 0.2) is 18.2 Å². The molecule has 2 heteroatoms. The molecule has 0 spiro atoms. The minimum absolute atomic E-state index is 0.133. The highest BCUT2D eigenvalue weighted by molar-refractivity contribution is 5.94. The third-order valence-electron chi connectivity index (χ3n) is 2.86. The molecule has 0 aromatic heterocycles. The molecule has 0 heterocycles. The number of rotatable bonds is 2. The molecule has 0 radical (unpaired) electrons. The van der Waals surface area contributed by atoms with Gasteiger partial charge in [-0.3, -0.25) is 4.79 Å². The third kappa shape index (κ3) is 1.46. The average Bonchev–Trinajstić information content (AvgIpc) is 2.59. The lowest BCUT2D eigenvalue weighted by Crippen LogP contribution is -1.97. The van der Waals surface area contributed by atoms with Gasteiger partial charge in [0.2, 0.25) is 0 Å². The Hall–Kier alpha value is -1.15. The fourth-order valence-corrected chi connectivity index (χ4v) is 2.04. The predicted molar refractivity (Wildman–Crippen MR) is 54.5 cm³/mol. The van der Waals surface area contributed by atoms with Crippen molar-refractivity contribution < 1.29 is 9.53 Å². The van der Waals surface area contributed by atoms with Gasteiger partial charge in [0.05, 0.1) is 6.10 Å². The van der Waals surface area contributed by atoms with Crippen molar-refractivity contribution in [1.82, 2.24) is 0 Å². The van der Waals surface area contributed by atoms with Gasteiger partial charge in [-0.15, -0.1) is 0 Å². The molecule has 0 N–H and O–H groups in total. The molecule has 1 aromatic carbocycles. The van der Waals surface area contributed by atoms with Crippen LogP contribution in [-0.4, -0.2) is 12.9 Å². The maximum absolute atomic E-state index is 11.2. The van der Waals surface area contributed by atoms with E-state index < -0.39 is 0 Å². The lowest BCUT2D eigenvalue weighted by atomic mass is 10.0. The molecular weight excluding hydrogens is 176 g/mol. The highest BCUT2D eigenvalue weighted by Crippen LogP contribution is 2.33. The number of methoxy groups -OCH3 is 1. The summed E-state index contributed by atoms with van der Waals surface area (Å²) in [6.07, 6.45) is 2.29. The summed E-state index contributed by atoms with van der Waals surface area (Å²) in [4.78, 5) is 11.2. The number of carbonyl (C=O) groups excluding carboxylic acids is 1. The molecule has 1 aromatic rings. The number of hydrogen-bond acceptors (Lipinski definition) is 2. The maximum atomic E-state index is 11.2. The number of fused-ring (bicyclic) bond motifs is 1. The van der Waals surface area contributed by atoms with E-state index in [4.69, 9.17) is 4.74 Å². The van der Waals surface area contributed by atoms with Crippen LogP contribution in [0.3, 0.4) is 0 Å². The van der Waals surface area contributed by atoms with Gasteiger partial charge >= 0.3 is 0 Å². The minimum atomic E-state index is 0.133. The minimum Gasteiger partial charge on any atom is -0.377 e. The van der Waals surface area contributed by atoms with Crippen LogP contribution in [0.25, 0.3) is 0 Å². The van der Waals surface area contributed by atoms with Crippen molar-refractivity contribution in [2.45, 2.75) is 25.9 Å². The van der Waals surface area contributed by atoms with Crippen molar-refractivity contribution in [2.75, 3.05) is 7.11 Å². The Labute approximate surface area is 83.9 Å². The van der Waals surface area contributed by atoms with Crippen LogP contribution in [0, 0.1) is 0 Å². The average molecular weight is 190 g/mol. The van der Waals surface area contributed by atoms with Crippen LogP contribution >= 0.6 is 0 Å². The van der Waals surface area contributed by atoms with Gasteiger partial charge in [0.15, 0.2) is 5.78 Å². The van der Waals surface area contributed by atoms with E-state index in [0.29, 0.717) is 0 Å². The number of Topliss-reactive ketones (excluding diaryl/α,β-unsaturated/α-hetero) is 1. The molecule has 0 bridgehead atoms. The molecule has 14 heavy (non-hydrogen) atoms. The van der Waals surface area contributed by atoms with Crippen molar-refractivity contribution in [1.29, 1.82) is 0 Å². The monoisotopic (exact) mass is 190 g/mol. The zero-order valence-electron chi connectivity index (χ0n) is 8.54. The van der Waals surface area contributed by atoms with Crippen molar-refractivity contribution >= 4 is 5.78 Å². The molecule has 2 nitrogen and oxygen atoms in total. The summed E-state index contributed by atoms with van der Waals surface area (Å²) >= 11 is 0. The van der Waals surface area contributed by atoms with Gasteiger partial charge in [0.25, 0.3) is 0 Å². The van der Waals surface area contributed by atoms with E-state index in [1.165, 1.54) is 11.1 Å². The van der Waals surface area contributed by atoms with E-state index >= 15 is 0 Å². The van der Waals surface area contributed by atoms with Gasteiger partial charge in [-0.05, 0) is 37.0 Å². The molecule has 2 rings (SSSR count). The first-order chi connectivity index (χ1) is 6.72. The summed E-state index contributed by atoms with van der Waals surface area (Å²) in [5.41, 5.74) is 3.32. The molecule has 1 atom stereocenters. The normalized spacial score (nSPS) is 19.4. The van der Waals surface area contributed by atoms with E-state index in [2.05, 4.69) is 0 Å². The van der Waals surface area contributed by atoms with Crippen LogP contribution < -0.4 is 0 Å². The Bertz CT molecular complexity index is 369. The molecule has 74 valence electrons. The summed E-state index contributed by atoms with van der Waals surface area (Å²) in [6.45, 7) is 1.60. The number of carbonyl (C=O) groups is 1. The molecule has 0 saturated heterocycles. The topological polar surface area (TPSA) is 26.3 Å². The Morgan fingerprint density at radius 3 is 2.93 bits per heavy atom. The second kappa shape index (κ2) is 3.54. The molecule has 0 amide bonds. The van der Waals surface area contributed by atoms with Crippen LogP contribution in [0.4, 0.5) is 0 Å². The zero-order chi connectivity index (χ0) is 10.1. The first-order valence-corrected chi connectivity index (χ1v) is 4.89. The fraction of sp³-hybridized carbons (Fsp3) is 0.417. The Kier molecular flexibility index (Phi) is 2.38. The predicted octanol–water partition coefficient (Wildman–Crippen LogP) is 2.52. The van der Waals surface area contributed by atoms with Crippen LogP contribution in [-0.2, 0) is 11.2 Å². The quantitative estimate of drug-likeness (QED) is 0.670. The molecular formula is C12H14O2. The van der Waals surface area contributed by atoms with Gasteiger partial charge in [-0.25, -0.2) is 0 Å². The number of hydrogen-bond donors (Lipinski definition) is 0. The lowest BCUT2D eigenvalue weighted by molar-refractivity contribution is 0.101. The van der Waals surface area contributed by atoms with Crippen molar-refractivity contribution in [3.63, 3.8) is 0 Å². The van der Waals surface area contributed by atoms with E-state index in [1.807, 2.05) is 18.2 Å². The number of ether oxygens (including phenoxy) is 1. The fourth-order valence-electron chi connectivity index (χ4n) is 2.04. The zero-order valence-corrected chi connectivity index (χ0v) is 8.54. The Balaban J connectivity index is 2.39. The SMILES string of the molecule is COC1CCc2cc(C(C)=O)ccc21. The summed E-state index contributed by atoms with van der Waals surface area (Å²) in [7, 11) is 1.73. The highest BCUT2D eigenvalue weighted by Gasteiger charge is 2.22. The lowest BCUT2D eigenvalue weighted by Gasteiger charge is -2.08. The molecule has 1 aliphatic rings. The highest BCUT2D eigenvalue weighted by atomic mass is 16.5. The van der Waals surface area contributed by atoms with Gasteiger partial charge in [-0.1, -0.05) is 12.1 Å². The second-order valence-corrected chi connectivity index (χ2v) is 3.73. The van der Waals surface area contributed by atoms with Crippen molar-refractivity contribution in [3.05, 3.63) is 34.9 Å². The maximum Gasteiger partial charge on any atom is 0.159 e. The smallest absolute Gasteiger partial charge is 0.159 e. The Morgan fingerprint density at radius 2 is 2.29 bits per heavy atom. The van der Waals surface area contributed by atoms with Gasteiger partial charge < -0.3 is 4.74 Å². The summed E-state index contributed by atoms with van der Waals surface area (Å²) in [5.74, 6) is 0.133. The van der Waals surface area contributed by atoms with Crippen LogP contribution in [0.2, 0.25) is 0 Å². The third-order valence-corrected chi connectivity index (χ3v) is 2.86. The van der Waals surface area contributed by atoms with Crippen molar-refractivity contribution in [2.24, 2.45) is 0 Å². The summed E-state index contributed by atoms with van der Waals surface area (Å²) in [6, 6.07) is 5.91. The molecule has 0 saturated carbocycles. The number of aryl methyl sites for hydroxylation is 1. The second-order valence-electron chi connectivity index (χ2n) is 3.73. The van der Waals surface area contributed by atoms with Gasteiger partial charge in [-0.2, -0.15) is 0 Å². The van der Waals surface area contributed by atoms with Gasteiger partial charge in [0, 0.05) is 12.7 Å². The van der Waals surface area contributed by atoms with Crippen LogP contribution in [0.1, 0.15) is 40.9 Å². The Morgan fingerprint density at radius 1 is 1.50 bits per heavy atom. The van der Waals surface area contributed by atoms with Crippen molar-refractivity contribution in [3.8, 4) is 0 Å². The summed E-state index contributed by atoms with van der Waals surface area (Å²) in [5, 5.41) is 0. The molecule has 1 aliphatic carbocycles. The van der Waals surface area contributed by atoms with E-state index in [-0.39, 0.29) is 11.9 Å².